The summed E-state index contributed by atoms with van der Waals surface area (Å²) in [5.41, 5.74) is 2.53. The fourth-order valence-corrected chi connectivity index (χ4v) is 5.57. The molecule has 3 aromatic rings. The number of thiophene rings is 1. The lowest BCUT2D eigenvalue weighted by Gasteiger charge is -2.25. The molecule has 0 aliphatic carbocycles. The summed E-state index contributed by atoms with van der Waals surface area (Å²) >= 11 is 7.51. The lowest BCUT2D eigenvalue weighted by atomic mass is 10.0. The van der Waals surface area contributed by atoms with Crippen molar-refractivity contribution in [2.45, 2.75) is 0 Å². The number of likely N-dealkylation sites (N-methyl/N-ethyl adjacent to an activating group) is 1. The number of amides is 1. The van der Waals surface area contributed by atoms with Crippen LogP contribution in [0.15, 0.2) is 53.9 Å². The van der Waals surface area contributed by atoms with Gasteiger partial charge in [-0.2, -0.15) is 0 Å². The molecule has 0 saturated carbocycles. The van der Waals surface area contributed by atoms with E-state index in [2.05, 4.69) is 10.6 Å². The molecule has 2 aromatic carbocycles. The summed E-state index contributed by atoms with van der Waals surface area (Å²) in [7, 11) is -0.0616. The fourth-order valence-electron chi connectivity index (χ4n) is 3.75. The molecule has 1 aliphatic heterocycles. The summed E-state index contributed by atoms with van der Waals surface area (Å²) in [6, 6.07) is 13.1. The number of anilines is 3. The van der Waals surface area contributed by atoms with Crippen molar-refractivity contribution >= 4 is 67.2 Å². The van der Waals surface area contributed by atoms with Gasteiger partial charge in [0, 0.05) is 29.4 Å². The minimum Gasteiger partial charge on any atom is -0.354 e. The van der Waals surface area contributed by atoms with Crippen LogP contribution in [0.25, 0.3) is 11.3 Å². The summed E-state index contributed by atoms with van der Waals surface area (Å²) in [6.45, 7) is 0.541. The van der Waals surface area contributed by atoms with Gasteiger partial charge in [0.15, 0.2) is 0 Å². The second kappa shape index (κ2) is 9.98. The number of nitrogens with zero attached hydrogens (tertiary/aromatic N) is 2. The van der Waals surface area contributed by atoms with Gasteiger partial charge in [0.05, 0.1) is 33.8 Å². The van der Waals surface area contributed by atoms with E-state index in [1.54, 1.807) is 24.3 Å². The summed E-state index contributed by atoms with van der Waals surface area (Å²) in [4.78, 5) is 15.5. The van der Waals surface area contributed by atoms with E-state index in [9.17, 15) is 13.2 Å². The molecule has 0 atom stereocenters. The minimum atomic E-state index is -3.69. The van der Waals surface area contributed by atoms with E-state index in [0.29, 0.717) is 39.8 Å². The number of rotatable bonds is 8. The van der Waals surface area contributed by atoms with Crippen LogP contribution >= 0.6 is 22.9 Å². The number of carbonyl (C=O) groups excluding carboxylic acids is 1. The molecule has 35 heavy (non-hydrogen) atoms. The standard InChI is InChI=1S/C24H24ClFN4O3S2/c1-29(2)10-11-30(35(3,32)33)20-9-7-16(14-18(20)26)27-23(21-5-4-12-34-21)22-17-8-6-15(25)13-19(17)28-24(22)31/h4-9,12-14,27H,10-11H2,1-3H3,(H,28,31). The van der Waals surface area contributed by atoms with Gasteiger partial charge in [-0.3, -0.25) is 9.10 Å². The number of fused-ring (bicyclic) bond motifs is 1. The van der Waals surface area contributed by atoms with Gasteiger partial charge in [-0.15, -0.1) is 11.3 Å². The number of carbonyl (C=O) groups is 1. The lowest BCUT2D eigenvalue weighted by molar-refractivity contribution is -0.110. The number of sulfonamides is 1. The van der Waals surface area contributed by atoms with Gasteiger partial charge in [-0.25, -0.2) is 12.8 Å². The number of halogens is 2. The minimum absolute atomic E-state index is 0.0381. The molecule has 4 rings (SSSR count). The van der Waals surface area contributed by atoms with E-state index in [0.717, 1.165) is 15.4 Å². The Morgan fingerprint density at radius 3 is 2.54 bits per heavy atom. The van der Waals surface area contributed by atoms with E-state index in [1.807, 2.05) is 36.5 Å². The van der Waals surface area contributed by atoms with Crippen LogP contribution in [0, 0.1) is 5.82 Å². The highest BCUT2D eigenvalue weighted by Gasteiger charge is 2.29. The highest BCUT2D eigenvalue weighted by Crippen LogP contribution is 2.40. The molecule has 184 valence electrons. The first-order valence-electron chi connectivity index (χ1n) is 10.6. The molecule has 2 heterocycles. The first kappa shape index (κ1) is 25.2. The Hall–Kier alpha value is -2.92. The van der Waals surface area contributed by atoms with Crippen molar-refractivity contribution in [1.82, 2.24) is 4.90 Å². The third kappa shape index (κ3) is 5.51. The molecule has 0 bridgehead atoms. The van der Waals surface area contributed by atoms with Gasteiger partial charge in [0.1, 0.15) is 5.82 Å². The van der Waals surface area contributed by atoms with Crippen molar-refractivity contribution in [2.24, 2.45) is 0 Å². The number of benzene rings is 2. The lowest BCUT2D eigenvalue weighted by Crippen LogP contribution is -2.36. The normalized spacial score (nSPS) is 14.6. The van der Waals surface area contributed by atoms with E-state index in [-0.39, 0.29) is 18.1 Å². The molecule has 1 aromatic heterocycles. The molecule has 0 fully saturated rings. The molecule has 0 spiro atoms. The molecule has 1 amide bonds. The first-order chi connectivity index (χ1) is 16.5. The Bertz CT molecular complexity index is 1410. The van der Waals surface area contributed by atoms with Crippen molar-refractivity contribution in [2.75, 3.05) is 48.4 Å². The zero-order valence-electron chi connectivity index (χ0n) is 19.3. The summed E-state index contributed by atoms with van der Waals surface area (Å²) in [6.07, 6.45) is 1.05. The quantitative estimate of drug-likeness (QED) is 0.406. The Balaban J connectivity index is 1.74. The predicted molar refractivity (Wildman–Crippen MR) is 142 cm³/mol. The van der Waals surface area contributed by atoms with Crippen molar-refractivity contribution < 1.29 is 17.6 Å². The van der Waals surface area contributed by atoms with Gasteiger partial charge in [0.25, 0.3) is 5.91 Å². The van der Waals surface area contributed by atoms with Gasteiger partial charge < -0.3 is 15.5 Å². The highest BCUT2D eigenvalue weighted by molar-refractivity contribution is 7.92. The first-order valence-corrected chi connectivity index (χ1v) is 13.7. The Morgan fingerprint density at radius 1 is 1.14 bits per heavy atom. The summed E-state index contributed by atoms with van der Waals surface area (Å²) in [5.74, 6) is -1.00. The van der Waals surface area contributed by atoms with Crippen LogP contribution in [0.1, 0.15) is 10.4 Å². The van der Waals surface area contributed by atoms with Gasteiger partial charge in [-0.05, 0) is 55.9 Å². The average molecular weight is 535 g/mol. The van der Waals surface area contributed by atoms with E-state index >= 15 is 4.39 Å². The fraction of sp³-hybridized carbons (Fsp3) is 0.208. The zero-order chi connectivity index (χ0) is 25.3. The monoisotopic (exact) mass is 534 g/mol. The molecule has 0 saturated heterocycles. The van der Waals surface area contributed by atoms with Crippen molar-refractivity contribution in [1.29, 1.82) is 0 Å². The molecular weight excluding hydrogens is 511 g/mol. The predicted octanol–water partition coefficient (Wildman–Crippen LogP) is 4.80. The Kier molecular flexibility index (Phi) is 7.18. The van der Waals surface area contributed by atoms with E-state index in [1.165, 1.54) is 23.5 Å². The van der Waals surface area contributed by atoms with Crippen LogP contribution < -0.4 is 14.9 Å². The highest BCUT2D eigenvalue weighted by atomic mass is 35.5. The van der Waals surface area contributed by atoms with Gasteiger partial charge in [0.2, 0.25) is 10.0 Å². The van der Waals surface area contributed by atoms with Crippen molar-refractivity contribution in [3.05, 3.63) is 75.2 Å². The molecule has 7 nitrogen and oxygen atoms in total. The maximum Gasteiger partial charge on any atom is 0.258 e. The number of hydrogen-bond donors (Lipinski definition) is 2. The number of nitrogens with one attached hydrogen (secondary N) is 2. The van der Waals surface area contributed by atoms with Crippen LogP contribution in [0.4, 0.5) is 21.5 Å². The molecule has 0 unspecified atom stereocenters. The van der Waals surface area contributed by atoms with E-state index in [4.69, 9.17) is 11.6 Å². The SMILES string of the molecule is CN(C)CCN(c1ccc(NC(=C2C(=O)Nc3cc(Cl)ccc32)c2cccs2)cc1F)S(C)(=O)=O. The van der Waals surface area contributed by atoms with Crippen LogP contribution in [-0.4, -0.2) is 52.7 Å². The zero-order valence-corrected chi connectivity index (χ0v) is 21.7. The average Bonchev–Trinajstić information content (AvgIpc) is 3.40. The topological polar surface area (TPSA) is 81.8 Å². The van der Waals surface area contributed by atoms with Gasteiger partial charge in [-0.1, -0.05) is 23.7 Å². The Labute approximate surface area is 212 Å². The van der Waals surface area contributed by atoms with Crippen molar-refractivity contribution in [3.63, 3.8) is 0 Å². The molecule has 1 aliphatic rings. The van der Waals surface area contributed by atoms with Crippen LogP contribution in [0.3, 0.4) is 0 Å². The maximum atomic E-state index is 15.2. The molecular formula is C24H24ClFN4O3S2. The molecule has 2 N–H and O–H groups in total. The summed E-state index contributed by atoms with van der Waals surface area (Å²) < 4.78 is 40.9. The van der Waals surface area contributed by atoms with Crippen LogP contribution in [-0.2, 0) is 14.8 Å². The summed E-state index contributed by atoms with van der Waals surface area (Å²) in [5, 5.41) is 8.39. The number of hydrogen-bond acceptors (Lipinski definition) is 6. The smallest absolute Gasteiger partial charge is 0.258 e. The molecule has 0 radical (unpaired) electrons. The second-order valence-electron chi connectivity index (χ2n) is 8.30. The largest absolute Gasteiger partial charge is 0.354 e. The third-order valence-electron chi connectivity index (χ3n) is 5.38. The van der Waals surface area contributed by atoms with Crippen LogP contribution in [0.5, 0.6) is 0 Å². The third-order valence-corrected chi connectivity index (χ3v) is 7.68. The molecule has 11 heteroatoms. The second-order valence-corrected chi connectivity index (χ2v) is 11.6. The van der Waals surface area contributed by atoms with Crippen molar-refractivity contribution in [3.8, 4) is 0 Å². The maximum absolute atomic E-state index is 15.2. The van der Waals surface area contributed by atoms with E-state index < -0.39 is 15.8 Å². The Morgan fingerprint density at radius 2 is 1.91 bits per heavy atom. The van der Waals surface area contributed by atoms with Gasteiger partial charge >= 0.3 is 0 Å². The van der Waals surface area contributed by atoms with Crippen LogP contribution in [0.2, 0.25) is 5.02 Å².